The van der Waals surface area contributed by atoms with Crippen molar-refractivity contribution < 1.29 is 13.5 Å². The summed E-state index contributed by atoms with van der Waals surface area (Å²) < 4.78 is 27.2. The largest absolute Gasteiger partial charge is 0.392 e. The van der Waals surface area contributed by atoms with Crippen LogP contribution in [-0.4, -0.2) is 13.5 Å². The van der Waals surface area contributed by atoms with E-state index < -0.39 is 10.0 Å². The zero-order valence-electron chi connectivity index (χ0n) is 10.7. The summed E-state index contributed by atoms with van der Waals surface area (Å²) in [5.74, 6) is 0. The van der Waals surface area contributed by atoms with Crippen LogP contribution in [0.15, 0.2) is 33.9 Å². The molecular weight excluding hydrogens is 282 g/mol. The second kappa shape index (κ2) is 5.32. The minimum atomic E-state index is -3.58. The number of aliphatic hydroxyl groups excluding tert-OH is 1. The topological polar surface area (TPSA) is 66.4 Å². The van der Waals surface area contributed by atoms with Gasteiger partial charge in [0.05, 0.1) is 12.3 Å². The van der Waals surface area contributed by atoms with Crippen LogP contribution in [0.25, 0.3) is 0 Å². The number of sulfonamides is 1. The van der Waals surface area contributed by atoms with Crippen LogP contribution in [0.2, 0.25) is 0 Å². The molecule has 2 rings (SSSR count). The van der Waals surface area contributed by atoms with Crippen LogP contribution < -0.4 is 4.72 Å². The molecule has 1 heterocycles. The average Bonchev–Trinajstić information content (AvgIpc) is 2.83. The summed E-state index contributed by atoms with van der Waals surface area (Å²) in [5.41, 5.74) is 3.05. The normalized spacial score (nSPS) is 11.5. The Kier molecular flexibility index (Phi) is 3.93. The van der Waals surface area contributed by atoms with E-state index in [2.05, 4.69) is 4.72 Å². The van der Waals surface area contributed by atoms with Crippen LogP contribution >= 0.6 is 11.3 Å². The molecule has 0 amide bonds. The van der Waals surface area contributed by atoms with Gasteiger partial charge in [0.1, 0.15) is 4.21 Å². The fourth-order valence-electron chi connectivity index (χ4n) is 1.62. The Morgan fingerprint density at radius 2 is 2.00 bits per heavy atom. The Morgan fingerprint density at radius 1 is 1.26 bits per heavy atom. The van der Waals surface area contributed by atoms with Gasteiger partial charge in [-0.15, -0.1) is 11.3 Å². The van der Waals surface area contributed by atoms with Crippen molar-refractivity contribution in [2.45, 2.75) is 24.7 Å². The number of rotatable bonds is 4. The van der Waals surface area contributed by atoms with Gasteiger partial charge in [0, 0.05) is 0 Å². The SMILES string of the molecule is Cc1ccc(C)c(NS(=O)(=O)c2cc(CO)cs2)c1. The minimum absolute atomic E-state index is 0.157. The smallest absolute Gasteiger partial charge is 0.271 e. The molecule has 6 heteroatoms. The lowest BCUT2D eigenvalue weighted by atomic mass is 10.1. The van der Waals surface area contributed by atoms with Gasteiger partial charge in [-0.25, -0.2) is 8.42 Å². The number of nitrogens with one attached hydrogen (secondary N) is 1. The van der Waals surface area contributed by atoms with Crippen molar-refractivity contribution in [3.8, 4) is 0 Å². The van der Waals surface area contributed by atoms with Crippen molar-refractivity contribution in [1.82, 2.24) is 0 Å². The van der Waals surface area contributed by atoms with Crippen molar-refractivity contribution >= 4 is 27.0 Å². The first-order chi connectivity index (χ1) is 8.92. The molecule has 0 fully saturated rings. The van der Waals surface area contributed by atoms with Crippen molar-refractivity contribution in [3.63, 3.8) is 0 Å². The molecule has 2 N–H and O–H groups in total. The number of hydrogen-bond acceptors (Lipinski definition) is 4. The molecule has 0 saturated carbocycles. The first-order valence-corrected chi connectivity index (χ1v) is 8.07. The molecule has 0 radical (unpaired) electrons. The Bertz CT molecular complexity index is 690. The van der Waals surface area contributed by atoms with Gasteiger partial charge in [-0.05, 0) is 48.1 Å². The van der Waals surface area contributed by atoms with Crippen LogP contribution in [0.4, 0.5) is 5.69 Å². The molecule has 102 valence electrons. The second-order valence-electron chi connectivity index (χ2n) is 4.36. The standard InChI is InChI=1S/C13H15NO3S2/c1-9-3-4-10(2)12(5-9)14-19(16,17)13-6-11(7-15)8-18-13/h3-6,8,14-15H,7H2,1-2H3. The van der Waals surface area contributed by atoms with Gasteiger partial charge in [-0.3, -0.25) is 4.72 Å². The predicted molar refractivity (Wildman–Crippen MR) is 77.0 cm³/mol. The van der Waals surface area contributed by atoms with Crippen LogP contribution in [0.1, 0.15) is 16.7 Å². The zero-order valence-corrected chi connectivity index (χ0v) is 12.3. The number of anilines is 1. The van der Waals surface area contributed by atoms with E-state index >= 15 is 0 Å². The Labute approximate surface area is 116 Å². The first kappa shape index (κ1) is 14.0. The number of benzene rings is 1. The average molecular weight is 297 g/mol. The van der Waals surface area contributed by atoms with Crippen LogP contribution in [0.5, 0.6) is 0 Å². The van der Waals surface area contributed by atoms with Gasteiger partial charge >= 0.3 is 0 Å². The van der Waals surface area contributed by atoms with E-state index in [4.69, 9.17) is 5.11 Å². The molecule has 0 aliphatic heterocycles. The molecule has 4 nitrogen and oxygen atoms in total. The van der Waals surface area contributed by atoms with Gasteiger partial charge in [-0.2, -0.15) is 0 Å². The highest BCUT2D eigenvalue weighted by molar-refractivity contribution is 7.94. The second-order valence-corrected chi connectivity index (χ2v) is 7.18. The van der Waals surface area contributed by atoms with E-state index in [9.17, 15) is 8.42 Å². The highest BCUT2D eigenvalue weighted by atomic mass is 32.2. The predicted octanol–water partition coefficient (Wildman–Crippen LogP) is 2.66. The number of aryl methyl sites for hydroxylation is 2. The van der Waals surface area contributed by atoms with Crippen LogP contribution in [-0.2, 0) is 16.6 Å². The molecule has 0 spiro atoms. The first-order valence-electron chi connectivity index (χ1n) is 5.71. The summed E-state index contributed by atoms with van der Waals surface area (Å²) in [4.78, 5) is 0. The van der Waals surface area contributed by atoms with Crippen LogP contribution in [0, 0.1) is 13.8 Å². The monoisotopic (exact) mass is 297 g/mol. The number of aliphatic hydroxyl groups is 1. The molecular formula is C13H15NO3S2. The molecule has 0 aliphatic rings. The fraction of sp³-hybridized carbons (Fsp3) is 0.231. The molecule has 0 atom stereocenters. The van der Waals surface area contributed by atoms with Gasteiger partial charge < -0.3 is 5.11 Å². The summed E-state index contributed by atoms with van der Waals surface area (Å²) in [6.45, 7) is 3.60. The molecule has 1 aromatic heterocycles. The lowest BCUT2D eigenvalue weighted by Gasteiger charge is -2.10. The van der Waals surface area contributed by atoms with E-state index in [0.717, 1.165) is 22.5 Å². The highest BCUT2D eigenvalue weighted by Gasteiger charge is 2.17. The molecule has 19 heavy (non-hydrogen) atoms. The van der Waals surface area contributed by atoms with Gasteiger partial charge in [-0.1, -0.05) is 12.1 Å². The van der Waals surface area contributed by atoms with Crippen molar-refractivity contribution in [2.75, 3.05) is 4.72 Å². The Balaban J connectivity index is 2.33. The third-order valence-electron chi connectivity index (χ3n) is 2.71. The summed E-state index contributed by atoms with van der Waals surface area (Å²) in [7, 11) is -3.58. The van der Waals surface area contributed by atoms with Gasteiger partial charge in [0.25, 0.3) is 10.0 Å². The van der Waals surface area contributed by atoms with Crippen molar-refractivity contribution in [1.29, 1.82) is 0 Å². The van der Waals surface area contributed by atoms with E-state index in [1.807, 2.05) is 26.0 Å². The lowest BCUT2D eigenvalue weighted by molar-refractivity contribution is 0.282. The molecule has 0 aliphatic carbocycles. The van der Waals surface area contributed by atoms with E-state index in [0.29, 0.717) is 11.3 Å². The van der Waals surface area contributed by atoms with Crippen molar-refractivity contribution in [2.24, 2.45) is 0 Å². The summed E-state index contributed by atoms with van der Waals surface area (Å²) in [6.07, 6.45) is 0. The summed E-state index contributed by atoms with van der Waals surface area (Å²) >= 11 is 1.10. The minimum Gasteiger partial charge on any atom is -0.392 e. The Morgan fingerprint density at radius 3 is 2.63 bits per heavy atom. The zero-order chi connectivity index (χ0) is 14.0. The lowest BCUT2D eigenvalue weighted by Crippen LogP contribution is -2.12. The fourth-order valence-corrected chi connectivity index (χ4v) is 3.94. The van der Waals surface area contributed by atoms with E-state index in [-0.39, 0.29) is 10.8 Å². The molecule has 0 unspecified atom stereocenters. The highest BCUT2D eigenvalue weighted by Crippen LogP contribution is 2.25. The van der Waals surface area contributed by atoms with Gasteiger partial charge in [0.2, 0.25) is 0 Å². The molecule has 0 bridgehead atoms. The van der Waals surface area contributed by atoms with Gasteiger partial charge in [0.15, 0.2) is 0 Å². The van der Waals surface area contributed by atoms with E-state index in [1.165, 1.54) is 6.07 Å². The third kappa shape index (κ3) is 3.15. The summed E-state index contributed by atoms with van der Waals surface area (Å²) in [6, 6.07) is 7.09. The van der Waals surface area contributed by atoms with E-state index in [1.54, 1.807) is 11.4 Å². The number of hydrogen-bond donors (Lipinski definition) is 2. The number of thiophene rings is 1. The van der Waals surface area contributed by atoms with Crippen molar-refractivity contribution in [3.05, 3.63) is 46.3 Å². The maximum atomic E-state index is 12.2. The molecule has 0 saturated heterocycles. The maximum Gasteiger partial charge on any atom is 0.271 e. The van der Waals surface area contributed by atoms with Crippen LogP contribution in [0.3, 0.4) is 0 Å². The quantitative estimate of drug-likeness (QED) is 0.911. The third-order valence-corrected chi connectivity index (χ3v) is 5.57. The summed E-state index contributed by atoms with van der Waals surface area (Å²) in [5, 5.41) is 10.6. The molecule has 2 aromatic rings. The Hall–Kier alpha value is -1.37. The molecule has 1 aromatic carbocycles. The maximum absolute atomic E-state index is 12.2.